The Morgan fingerprint density at radius 3 is 2.05 bits per heavy atom. The highest BCUT2D eigenvalue weighted by Gasteiger charge is 2.37. The minimum atomic E-state index is -1.93. The first kappa shape index (κ1) is 24.2. The summed E-state index contributed by atoms with van der Waals surface area (Å²) in [6.45, 7) is 8.34. The molecule has 0 fully saturated rings. The lowest BCUT2D eigenvalue weighted by molar-refractivity contribution is 0.0926. The van der Waals surface area contributed by atoms with Crippen molar-refractivity contribution in [2.24, 2.45) is 0 Å². The molecular weight excluding hydrogens is 486 g/mol. The Morgan fingerprint density at radius 2 is 1.37 bits per heavy atom. The molecule has 0 radical (unpaired) electrons. The van der Waals surface area contributed by atoms with Crippen LogP contribution >= 0.6 is 9.21 Å². The predicted molar refractivity (Wildman–Crippen MR) is 162 cm³/mol. The van der Waals surface area contributed by atoms with Gasteiger partial charge in [0.2, 0.25) is 0 Å². The van der Waals surface area contributed by atoms with Gasteiger partial charge in [0.15, 0.2) is 0 Å². The number of allylic oxidation sites excluding steroid dienone is 6. The summed E-state index contributed by atoms with van der Waals surface area (Å²) in [6.07, 6.45) is 10.4. The topological polar surface area (TPSA) is 37.4 Å². The van der Waals surface area contributed by atoms with Crippen molar-refractivity contribution in [3.05, 3.63) is 125 Å². The molecule has 0 unspecified atom stereocenters. The number of hydrogen-bond donors (Lipinski definition) is 0. The lowest BCUT2D eigenvalue weighted by Crippen LogP contribution is -2.29. The molecule has 3 aliphatic rings. The van der Waals surface area contributed by atoms with Crippen LogP contribution in [0, 0.1) is 0 Å². The van der Waals surface area contributed by atoms with Gasteiger partial charge < -0.3 is 0 Å². The third-order valence-electron chi connectivity index (χ3n) is 7.61. The van der Waals surface area contributed by atoms with E-state index in [1.165, 1.54) is 10.5 Å². The summed E-state index contributed by atoms with van der Waals surface area (Å²) in [5, 5.41) is 0. The van der Waals surface area contributed by atoms with Gasteiger partial charge in [0.1, 0.15) is 0 Å². The Bertz CT molecular complexity index is 1730. The van der Waals surface area contributed by atoms with Crippen LogP contribution in [0.5, 0.6) is 0 Å². The van der Waals surface area contributed by atoms with E-state index in [1.807, 2.05) is 42.5 Å². The Labute approximate surface area is 224 Å². The van der Waals surface area contributed by atoms with E-state index in [-0.39, 0.29) is 11.8 Å². The molecule has 3 aromatic rings. The zero-order valence-electron chi connectivity index (χ0n) is 21.3. The summed E-state index contributed by atoms with van der Waals surface area (Å²) in [6, 6.07) is 19.4. The monoisotopic (exact) mass is 515 g/mol. The molecule has 0 aromatic heterocycles. The van der Waals surface area contributed by atoms with E-state index in [1.54, 1.807) is 6.07 Å². The highest BCUT2D eigenvalue weighted by atomic mass is 32.2. The molecule has 0 saturated carbocycles. The van der Waals surface area contributed by atoms with Crippen molar-refractivity contribution in [1.29, 1.82) is 0 Å². The maximum Gasteiger partial charge on any atom is 0.266 e. The summed E-state index contributed by atoms with van der Waals surface area (Å²) in [7, 11) is -1.93. The summed E-state index contributed by atoms with van der Waals surface area (Å²) in [4.78, 5) is 29.9. The molecule has 3 nitrogen and oxygen atoms in total. The Morgan fingerprint density at radius 1 is 0.737 bits per heavy atom. The van der Waals surface area contributed by atoms with Gasteiger partial charge in [0, 0.05) is 9.79 Å². The number of benzene rings is 3. The molecule has 2 amide bonds. The number of rotatable bonds is 5. The molecule has 0 spiro atoms. The van der Waals surface area contributed by atoms with Gasteiger partial charge in [-0.1, -0.05) is 61.3 Å². The summed E-state index contributed by atoms with van der Waals surface area (Å²) >= 11 is 0. The number of anilines is 1. The second-order valence-electron chi connectivity index (χ2n) is 10.2. The zero-order chi connectivity index (χ0) is 26.6. The van der Waals surface area contributed by atoms with Crippen LogP contribution in [0.1, 0.15) is 56.7 Å². The van der Waals surface area contributed by atoms with Crippen LogP contribution in [-0.2, 0) is 6.42 Å². The second kappa shape index (κ2) is 9.00. The summed E-state index contributed by atoms with van der Waals surface area (Å²) in [5.74, 6) is 8.35. The van der Waals surface area contributed by atoms with Crippen LogP contribution in [0.2, 0.25) is 0 Å². The Balaban J connectivity index is 1.29. The van der Waals surface area contributed by atoms with E-state index in [9.17, 15) is 9.59 Å². The Kier molecular flexibility index (Phi) is 5.73. The molecule has 4 heteroatoms. The number of fused-ring (bicyclic) bond motifs is 2. The average Bonchev–Trinajstić information content (AvgIpc) is 3.35. The molecule has 0 N–H and O–H groups in total. The summed E-state index contributed by atoms with van der Waals surface area (Å²) in [5.41, 5.74) is 8.16. The highest BCUT2D eigenvalue weighted by Crippen LogP contribution is 2.47. The molecule has 38 heavy (non-hydrogen) atoms. The van der Waals surface area contributed by atoms with Gasteiger partial charge in [-0.2, -0.15) is 9.21 Å². The number of amides is 2. The van der Waals surface area contributed by atoms with Gasteiger partial charge in [0.05, 0.1) is 16.8 Å². The third-order valence-corrected chi connectivity index (χ3v) is 9.93. The van der Waals surface area contributed by atoms with Crippen molar-refractivity contribution in [2.45, 2.75) is 35.5 Å². The van der Waals surface area contributed by atoms with E-state index >= 15 is 0 Å². The minimum absolute atomic E-state index is 0.303. The fraction of sp³-hybridized carbons (Fsp3) is 0.118. The first-order valence-corrected chi connectivity index (χ1v) is 14.7. The largest absolute Gasteiger partial charge is 0.268 e. The van der Waals surface area contributed by atoms with Crippen LogP contribution in [0.4, 0.5) is 5.69 Å². The molecule has 0 atom stereocenters. The number of carbonyl (C=O) groups excluding carboxylic acids is 2. The van der Waals surface area contributed by atoms with Crippen LogP contribution < -0.4 is 4.90 Å². The van der Waals surface area contributed by atoms with Gasteiger partial charge in [-0.3, -0.25) is 9.59 Å². The third kappa shape index (κ3) is 3.93. The van der Waals surface area contributed by atoms with Crippen molar-refractivity contribution in [3.63, 3.8) is 0 Å². The lowest BCUT2D eigenvalue weighted by atomic mass is 9.99. The maximum atomic E-state index is 13.5. The average molecular weight is 516 g/mol. The van der Waals surface area contributed by atoms with Gasteiger partial charge in [-0.25, -0.2) is 4.90 Å². The van der Waals surface area contributed by atoms with Gasteiger partial charge in [0.25, 0.3) is 11.8 Å². The number of nitrogens with zero attached hydrogens (tertiary/aromatic N) is 1. The maximum absolute atomic E-state index is 13.5. The van der Waals surface area contributed by atoms with Crippen molar-refractivity contribution in [3.8, 4) is 0 Å². The van der Waals surface area contributed by atoms with Crippen molar-refractivity contribution < 1.29 is 9.59 Å². The molecule has 0 bridgehead atoms. The fourth-order valence-electron chi connectivity index (χ4n) is 5.45. The molecule has 1 heterocycles. The van der Waals surface area contributed by atoms with Crippen LogP contribution in [0.3, 0.4) is 0 Å². The highest BCUT2D eigenvalue weighted by molar-refractivity contribution is 8.27. The van der Waals surface area contributed by atoms with Crippen molar-refractivity contribution >= 4 is 49.6 Å². The van der Waals surface area contributed by atoms with E-state index in [2.05, 4.69) is 55.3 Å². The number of hydrogen-bond acceptors (Lipinski definition) is 2. The molecule has 2 aliphatic carbocycles. The van der Waals surface area contributed by atoms with Gasteiger partial charge in [-0.15, -0.1) is 0 Å². The van der Waals surface area contributed by atoms with Crippen LogP contribution in [0.15, 0.2) is 107 Å². The molecule has 3 aromatic carbocycles. The van der Waals surface area contributed by atoms with Crippen LogP contribution in [-0.4, -0.2) is 23.6 Å². The van der Waals surface area contributed by atoms with E-state index < -0.39 is 9.21 Å². The standard InChI is InChI=1S/C34H29NO2S/c1-22-18-23(2)31-20-27(14-16-29(22)31)38(3,4)28-15-17-30-32(21-28)34(37)35(33(30)36)26-12-10-25(11-13-26)19-24-8-6-5-7-9-24/h6,8-17,20-21H,1-5,7,18-19H2. The van der Waals surface area contributed by atoms with E-state index in [0.29, 0.717) is 16.8 Å². The zero-order valence-corrected chi connectivity index (χ0v) is 22.2. The Hall–Kier alpha value is -4.15. The normalized spacial score (nSPS) is 16.6. The van der Waals surface area contributed by atoms with Gasteiger partial charge >= 0.3 is 0 Å². The first-order chi connectivity index (χ1) is 18.2. The van der Waals surface area contributed by atoms with Crippen LogP contribution in [0.25, 0.3) is 11.1 Å². The number of carbonyl (C=O) groups is 2. The predicted octanol–water partition coefficient (Wildman–Crippen LogP) is 7.82. The lowest BCUT2D eigenvalue weighted by Gasteiger charge is -2.18. The quantitative estimate of drug-likeness (QED) is 0.257. The smallest absolute Gasteiger partial charge is 0.266 e. The minimum Gasteiger partial charge on any atom is -0.268 e. The molecule has 0 saturated heterocycles. The van der Waals surface area contributed by atoms with Crippen molar-refractivity contribution in [2.75, 3.05) is 4.90 Å². The van der Waals surface area contributed by atoms with Gasteiger partial charge in [-0.05, 0) is 102 Å². The molecular formula is C34H29NO2S. The molecule has 6 rings (SSSR count). The molecule has 188 valence electrons. The number of imide groups is 1. The summed E-state index contributed by atoms with van der Waals surface area (Å²) < 4.78 is 0. The fourth-order valence-corrected chi connectivity index (χ4v) is 7.06. The van der Waals surface area contributed by atoms with E-state index in [0.717, 1.165) is 63.3 Å². The van der Waals surface area contributed by atoms with Crippen molar-refractivity contribution in [1.82, 2.24) is 0 Å². The first-order valence-electron chi connectivity index (χ1n) is 12.7. The molecule has 1 aliphatic heterocycles. The second-order valence-corrected chi connectivity index (χ2v) is 12.9. The SMILES string of the molecule is C=C1CC(=C)c2cc(S(=C)(=C)c3ccc4c(c3)C(=O)N(c3ccc(CC5=CCCC=C5)cc3)C4=O)ccc21. The van der Waals surface area contributed by atoms with E-state index in [4.69, 9.17) is 0 Å².